The summed E-state index contributed by atoms with van der Waals surface area (Å²) in [5.41, 5.74) is 0.118. The number of nitrogens with zero attached hydrogens (tertiary/aromatic N) is 2. The Morgan fingerprint density at radius 2 is 2.15 bits per heavy atom. The van der Waals surface area contributed by atoms with Crippen LogP contribution in [0.3, 0.4) is 0 Å². The Hall–Kier alpha value is -1.13. The standard InChI is InChI=1S/C7H3Cl2N3O/c8-4-1-3-5(6(9)12-4)7(13)11-2-10-3/h1-2H,(H,10,11,13). The first-order chi connectivity index (χ1) is 6.18. The molecule has 0 aliphatic carbocycles. The van der Waals surface area contributed by atoms with E-state index in [0.717, 1.165) is 0 Å². The highest BCUT2D eigenvalue weighted by Crippen LogP contribution is 2.19. The van der Waals surface area contributed by atoms with Crippen molar-refractivity contribution in [3.05, 3.63) is 33.1 Å². The van der Waals surface area contributed by atoms with E-state index in [1.165, 1.54) is 12.4 Å². The van der Waals surface area contributed by atoms with Crippen LogP contribution in [0.2, 0.25) is 10.3 Å². The minimum atomic E-state index is -0.320. The average Bonchev–Trinajstić information content (AvgIpc) is 2.02. The smallest absolute Gasteiger partial charge is 0.261 e. The summed E-state index contributed by atoms with van der Waals surface area (Å²) in [5.74, 6) is 0. The third-order valence-electron chi connectivity index (χ3n) is 1.55. The summed E-state index contributed by atoms with van der Waals surface area (Å²) in [4.78, 5) is 21.3. The van der Waals surface area contributed by atoms with E-state index >= 15 is 0 Å². The summed E-state index contributed by atoms with van der Waals surface area (Å²) in [7, 11) is 0. The van der Waals surface area contributed by atoms with Gasteiger partial charge in [-0.3, -0.25) is 4.79 Å². The molecule has 0 radical (unpaired) electrons. The second-order valence-corrected chi connectivity index (χ2v) is 3.11. The van der Waals surface area contributed by atoms with E-state index in [1.807, 2.05) is 0 Å². The third-order valence-corrected chi connectivity index (χ3v) is 2.02. The first-order valence-corrected chi connectivity index (χ1v) is 4.13. The van der Waals surface area contributed by atoms with Crippen molar-refractivity contribution in [2.75, 3.05) is 0 Å². The minimum absolute atomic E-state index is 0.0665. The fourth-order valence-electron chi connectivity index (χ4n) is 1.02. The van der Waals surface area contributed by atoms with Gasteiger partial charge in [0.05, 0.1) is 11.8 Å². The highest BCUT2D eigenvalue weighted by molar-refractivity contribution is 6.36. The van der Waals surface area contributed by atoms with Gasteiger partial charge in [0.2, 0.25) is 0 Å². The van der Waals surface area contributed by atoms with Crippen LogP contribution < -0.4 is 5.56 Å². The van der Waals surface area contributed by atoms with Gasteiger partial charge in [0.1, 0.15) is 15.7 Å². The Morgan fingerprint density at radius 3 is 2.92 bits per heavy atom. The zero-order valence-electron chi connectivity index (χ0n) is 6.21. The Balaban J connectivity index is 3.03. The van der Waals surface area contributed by atoms with Gasteiger partial charge in [-0.1, -0.05) is 23.2 Å². The van der Waals surface area contributed by atoms with Crippen molar-refractivity contribution >= 4 is 34.1 Å². The zero-order valence-corrected chi connectivity index (χ0v) is 7.73. The topological polar surface area (TPSA) is 58.6 Å². The molecular formula is C7H3Cl2N3O. The molecule has 1 N–H and O–H groups in total. The van der Waals surface area contributed by atoms with Crippen LogP contribution >= 0.6 is 23.2 Å². The van der Waals surface area contributed by atoms with Crippen LogP contribution in [-0.2, 0) is 0 Å². The van der Waals surface area contributed by atoms with Crippen LogP contribution in [0.25, 0.3) is 10.9 Å². The van der Waals surface area contributed by atoms with Gasteiger partial charge in [-0.15, -0.1) is 0 Å². The number of pyridine rings is 1. The number of rotatable bonds is 0. The van der Waals surface area contributed by atoms with E-state index in [-0.39, 0.29) is 21.3 Å². The third kappa shape index (κ3) is 1.38. The van der Waals surface area contributed by atoms with Crippen molar-refractivity contribution in [3.8, 4) is 0 Å². The minimum Gasteiger partial charge on any atom is -0.313 e. The monoisotopic (exact) mass is 215 g/mol. The zero-order chi connectivity index (χ0) is 9.42. The van der Waals surface area contributed by atoms with Gasteiger partial charge in [0, 0.05) is 6.07 Å². The van der Waals surface area contributed by atoms with Gasteiger partial charge < -0.3 is 4.98 Å². The fourth-order valence-corrected chi connectivity index (χ4v) is 1.52. The Kier molecular flexibility index (Phi) is 1.94. The molecule has 6 heteroatoms. The summed E-state index contributed by atoms with van der Waals surface area (Å²) >= 11 is 11.3. The highest BCUT2D eigenvalue weighted by Gasteiger charge is 2.06. The number of fused-ring (bicyclic) bond motifs is 1. The molecule has 13 heavy (non-hydrogen) atoms. The molecule has 2 aromatic rings. The molecule has 0 aliphatic rings. The SMILES string of the molecule is O=c1[nH]cnc2cc(Cl)nc(Cl)c12. The van der Waals surface area contributed by atoms with Gasteiger partial charge in [-0.2, -0.15) is 0 Å². The lowest BCUT2D eigenvalue weighted by Gasteiger charge is -1.97. The molecule has 0 bridgehead atoms. The molecule has 2 rings (SSSR count). The van der Waals surface area contributed by atoms with Crippen molar-refractivity contribution in [2.24, 2.45) is 0 Å². The van der Waals surface area contributed by atoms with Crippen molar-refractivity contribution in [1.29, 1.82) is 0 Å². The van der Waals surface area contributed by atoms with Gasteiger partial charge in [0.25, 0.3) is 5.56 Å². The molecule has 0 aromatic carbocycles. The van der Waals surface area contributed by atoms with E-state index in [4.69, 9.17) is 23.2 Å². The summed E-state index contributed by atoms with van der Waals surface area (Å²) in [6.07, 6.45) is 1.29. The molecule has 0 saturated carbocycles. The van der Waals surface area contributed by atoms with Crippen molar-refractivity contribution in [1.82, 2.24) is 15.0 Å². The van der Waals surface area contributed by atoms with Crippen LogP contribution in [0.15, 0.2) is 17.2 Å². The molecular weight excluding hydrogens is 213 g/mol. The lowest BCUT2D eigenvalue weighted by atomic mass is 10.3. The number of aromatic amines is 1. The molecule has 0 spiro atoms. The number of H-pyrrole nitrogens is 1. The predicted octanol–water partition coefficient (Wildman–Crippen LogP) is 1.62. The molecule has 0 unspecified atom stereocenters. The fraction of sp³-hybridized carbons (Fsp3) is 0. The predicted molar refractivity (Wildman–Crippen MR) is 50.2 cm³/mol. The first kappa shape index (κ1) is 8.47. The normalized spacial score (nSPS) is 10.6. The maximum absolute atomic E-state index is 11.2. The maximum atomic E-state index is 11.2. The molecule has 0 aliphatic heterocycles. The summed E-state index contributed by atoms with van der Waals surface area (Å²) in [6.45, 7) is 0. The molecule has 2 heterocycles. The molecule has 0 saturated heterocycles. The number of nitrogens with one attached hydrogen (secondary N) is 1. The molecule has 2 aromatic heterocycles. The van der Waals surface area contributed by atoms with Gasteiger partial charge in [-0.05, 0) is 0 Å². The van der Waals surface area contributed by atoms with Crippen LogP contribution in [0.5, 0.6) is 0 Å². The van der Waals surface area contributed by atoms with Gasteiger partial charge in [-0.25, -0.2) is 9.97 Å². The largest absolute Gasteiger partial charge is 0.313 e. The van der Waals surface area contributed by atoms with E-state index in [9.17, 15) is 4.79 Å². The van der Waals surface area contributed by atoms with E-state index in [2.05, 4.69) is 15.0 Å². The second kappa shape index (κ2) is 2.97. The van der Waals surface area contributed by atoms with Crippen LogP contribution in [0, 0.1) is 0 Å². The van der Waals surface area contributed by atoms with Crippen molar-refractivity contribution in [2.45, 2.75) is 0 Å². The summed E-state index contributed by atoms with van der Waals surface area (Å²) in [6, 6.07) is 1.48. The highest BCUT2D eigenvalue weighted by atomic mass is 35.5. The first-order valence-electron chi connectivity index (χ1n) is 3.38. The van der Waals surface area contributed by atoms with E-state index < -0.39 is 0 Å². The van der Waals surface area contributed by atoms with E-state index in [1.54, 1.807) is 0 Å². The molecule has 0 fully saturated rings. The van der Waals surface area contributed by atoms with Gasteiger partial charge >= 0.3 is 0 Å². The molecule has 0 amide bonds. The van der Waals surface area contributed by atoms with Crippen LogP contribution in [0.1, 0.15) is 0 Å². The lowest BCUT2D eigenvalue weighted by Crippen LogP contribution is -2.07. The van der Waals surface area contributed by atoms with Gasteiger partial charge in [0.15, 0.2) is 0 Å². The summed E-state index contributed by atoms with van der Waals surface area (Å²) in [5, 5.41) is 0.543. The Morgan fingerprint density at radius 1 is 1.38 bits per heavy atom. The van der Waals surface area contributed by atoms with Crippen molar-refractivity contribution in [3.63, 3.8) is 0 Å². The van der Waals surface area contributed by atoms with Crippen molar-refractivity contribution < 1.29 is 0 Å². The molecule has 0 atom stereocenters. The second-order valence-electron chi connectivity index (χ2n) is 2.36. The quantitative estimate of drug-likeness (QED) is 0.680. The number of hydrogen-bond acceptors (Lipinski definition) is 3. The maximum Gasteiger partial charge on any atom is 0.261 e. The number of halogens is 2. The number of hydrogen-bond donors (Lipinski definition) is 1. The van der Waals surface area contributed by atoms with Crippen LogP contribution in [0.4, 0.5) is 0 Å². The van der Waals surface area contributed by atoms with Crippen LogP contribution in [-0.4, -0.2) is 15.0 Å². The Labute approximate surface area is 82.5 Å². The number of aromatic nitrogens is 3. The Bertz CT molecular complexity index is 523. The lowest BCUT2D eigenvalue weighted by molar-refractivity contribution is 1.16. The summed E-state index contributed by atoms with van der Waals surface area (Å²) < 4.78 is 0. The molecule has 4 nitrogen and oxygen atoms in total. The average molecular weight is 216 g/mol. The molecule has 66 valence electrons. The van der Waals surface area contributed by atoms with E-state index in [0.29, 0.717) is 5.52 Å².